The molecule has 1 aromatic heterocycles. The van der Waals surface area contributed by atoms with E-state index in [9.17, 15) is 4.79 Å². The third kappa shape index (κ3) is 2.69. The number of hydrogen-bond donors (Lipinski definition) is 0. The highest BCUT2D eigenvalue weighted by atomic mass is 16.7. The van der Waals surface area contributed by atoms with Crippen LogP contribution in [0, 0.1) is 0 Å². The van der Waals surface area contributed by atoms with Gasteiger partial charge in [-0.1, -0.05) is 48.5 Å². The number of benzene rings is 3. The maximum atomic E-state index is 13.3. The van der Waals surface area contributed by atoms with E-state index >= 15 is 0 Å². The van der Waals surface area contributed by atoms with E-state index < -0.39 is 0 Å². The number of fused-ring (bicyclic) bond motifs is 2. The summed E-state index contributed by atoms with van der Waals surface area (Å²) in [6, 6.07) is 22.4. The average Bonchev–Trinajstić information content (AvgIpc) is 3.21. The van der Waals surface area contributed by atoms with Crippen LogP contribution in [0.5, 0.6) is 11.5 Å². The summed E-state index contributed by atoms with van der Waals surface area (Å²) in [6.07, 6.45) is 0. The molecule has 1 aliphatic rings. The molecule has 1 aliphatic heterocycles. The lowest BCUT2D eigenvalue weighted by molar-refractivity contribution is 0.103. The molecule has 0 amide bonds. The van der Waals surface area contributed by atoms with E-state index in [1.165, 1.54) is 0 Å². The molecule has 2 heterocycles. The predicted octanol–water partition coefficient (Wildman–Crippen LogP) is 4.26. The molecular weight excluding hydrogens is 340 g/mol. The van der Waals surface area contributed by atoms with Crippen LogP contribution in [0.4, 0.5) is 0 Å². The number of aromatic nitrogens is 2. The minimum absolute atomic E-state index is 0.168. The highest BCUT2D eigenvalue weighted by molar-refractivity contribution is 6.15. The Morgan fingerprint density at radius 1 is 0.815 bits per heavy atom. The molecular formula is C22H14N2O3. The number of rotatable bonds is 3. The number of ketones is 1. The summed E-state index contributed by atoms with van der Waals surface area (Å²) in [4.78, 5) is 22.5. The Labute approximate surface area is 155 Å². The molecule has 4 aromatic rings. The summed E-state index contributed by atoms with van der Waals surface area (Å²) in [5.41, 5.74) is 2.47. The number of hydrogen-bond acceptors (Lipinski definition) is 5. The summed E-state index contributed by atoms with van der Waals surface area (Å²) in [7, 11) is 0. The van der Waals surface area contributed by atoms with Crippen molar-refractivity contribution in [1.29, 1.82) is 0 Å². The van der Waals surface area contributed by atoms with Crippen molar-refractivity contribution in [3.05, 3.63) is 84.1 Å². The van der Waals surface area contributed by atoms with Gasteiger partial charge in [0.1, 0.15) is 5.69 Å². The van der Waals surface area contributed by atoms with Crippen molar-refractivity contribution in [2.24, 2.45) is 0 Å². The van der Waals surface area contributed by atoms with Crippen molar-refractivity contribution in [2.75, 3.05) is 6.79 Å². The Hall–Kier alpha value is -3.73. The van der Waals surface area contributed by atoms with Gasteiger partial charge < -0.3 is 9.47 Å². The van der Waals surface area contributed by atoms with Gasteiger partial charge in [-0.05, 0) is 24.3 Å². The van der Waals surface area contributed by atoms with Gasteiger partial charge in [0.25, 0.3) is 0 Å². The van der Waals surface area contributed by atoms with Crippen molar-refractivity contribution in [3.63, 3.8) is 0 Å². The fourth-order valence-electron chi connectivity index (χ4n) is 3.14. The van der Waals surface area contributed by atoms with Gasteiger partial charge in [-0.3, -0.25) is 4.79 Å². The Morgan fingerprint density at radius 3 is 2.48 bits per heavy atom. The van der Waals surface area contributed by atoms with E-state index in [0.717, 1.165) is 16.5 Å². The van der Waals surface area contributed by atoms with E-state index in [1.807, 2.05) is 54.6 Å². The minimum Gasteiger partial charge on any atom is -0.454 e. The first-order chi connectivity index (χ1) is 13.3. The van der Waals surface area contributed by atoms with Gasteiger partial charge in [-0.15, -0.1) is 0 Å². The zero-order valence-electron chi connectivity index (χ0n) is 14.3. The molecule has 5 nitrogen and oxygen atoms in total. The molecule has 130 valence electrons. The van der Waals surface area contributed by atoms with E-state index in [1.54, 1.807) is 18.2 Å². The molecule has 0 bridgehead atoms. The molecule has 0 N–H and O–H groups in total. The molecule has 0 aliphatic carbocycles. The molecule has 3 aromatic carbocycles. The van der Waals surface area contributed by atoms with Gasteiger partial charge in [0, 0.05) is 16.5 Å². The van der Waals surface area contributed by atoms with Crippen molar-refractivity contribution >= 4 is 16.7 Å². The normalized spacial score (nSPS) is 12.3. The molecule has 5 heteroatoms. The van der Waals surface area contributed by atoms with Crippen LogP contribution in [0.3, 0.4) is 0 Å². The summed E-state index contributed by atoms with van der Waals surface area (Å²) in [5.74, 6) is 1.56. The van der Waals surface area contributed by atoms with Gasteiger partial charge in [-0.2, -0.15) is 0 Å². The fraction of sp³-hybridized carbons (Fsp3) is 0.0455. The van der Waals surface area contributed by atoms with Crippen LogP contribution in [-0.4, -0.2) is 22.5 Å². The van der Waals surface area contributed by atoms with E-state index in [4.69, 9.17) is 9.47 Å². The SMILES string of the molecule is O=C(c1ccc2c(c1)OCO2)c1nc(-c2ccccc2)nc2ccccc12. The van der Waals surface area contributed by atoms with Crippen LogP contribution in [0.25, 0.3) is 22.3 Å². The van der Waals surface area contributed by atoms with Gasteiger partial charge in [0.05, 0.1) is 5.52 Å². The smallest absolute Gasteiger partial charge is 0.231 e. The number of ether oxygens (including phenoxy) is 2. The Morgan fingerprint density at radius 2 is 1.59 bits per heavy atom. The van der Waals surface area contributed by atoms with Crippen LogP contribution >= 0.6 is 0 Å². The average molecular weight is 354 g/mol. The largest absolute Gasteiger partial charge is 0.454 e. The zero-order valence-corrected chi connectivity index (χ0v) is 14.3. The Kier molecular flexibility index (Phi) is 3.57. The molecule has 27 heavy (non-hydrogen) atoms. The molecule has 5 rings (SSSR count). The van der Waals surface area contributed by atoms with Crippen LogP contribution in [0.15, 0.2) is 72.8 Å². The van der Waals surface area contributed by atoms with Gasteiger partial charge >= 0.3 is 0 Å². The second kappa shape index (κ2) is 6.21. The topological polar surface area (TPSA) is 61.3 Å². The van der Waals surface area contributed by atoms with Crippen molar-refractivity contribution in [3.8, 4) is 22.9 Å². The lowest BCUT2D eigenvalue weighted by atomic mass is 10.0. The molecule has 0 spiro atoms. The lowest BCUT2D eigenvalue weighted by Gasteiger charge is -2.09. The van der Waals surface area contributed by atoms with E-state index in [-0.39, 0.29) is 12.6 Å². The highest BCUT2D eigenvalue weighted by Gasteiger charge is 2.21. The van der Waals surface area contributed by atoms with Gasteiger partial charge in [0.2, 0.25) is 12.6 Å². The molecule has 0 radical (unpaired) electrons. The number of nitrogens with zero attached hydrogens (tertiary/aromatic N) is 2. The van der Waals surface area contributed by atoms with Crippen LogP contribution in [0.2, 0.25) is 0 Å². The number of carbonyl (C=O) groups excluding carboxylic acids is 1. The molecule has 0 saturated carbocycles. The molecule has 0 fully saturated rings. The van der Waals surface area contributed by atoms with Gasteiger partial charge in [0.15, 0.2) is 17.3 Å². The summed E-state index contributed by atoms with van der Waals surface area (Å²) in [6.45, 7) is 0.168. The fourth-order valence-corrected chi connectivity index (χ4v) is 3.14. The summed E-state index contributed by atoms with van der Waals surface area (Å²) in [5, 5.41) is 0.722. The monoisotopic (exact) mass is 354 g/mol. The standard InChI is InChI=1S/C22H14N2O3/c25-21(15-10-11-18-19(12-15)27-13-26-18)20-16-8-4-5-9-17(16)23-22(24-20)14-6-2-1-3-7-14/h1-12H,13H2. The molecule has 0 saturated heterocycles. The van der Waals surface area contributed by atoms with Gasteiger partial charge in [-0.25, -0.2) is 9.97 Å². The van der Waals surface area contributed by atoms with Crippen LogP contribution < -0.4 is 9.47 Å². The van der Waals surface area contributed by atoms with E-state index in [0.29, 0.717) is 28.6 Å². The lowest BCUT2D eigenvalue weighted by Crippen LogP contribution is -2.07. The second-order valence-electron chi connectivity index (χ2n) is 6.18. The second-order valence-corrected chi connectivity index (χ2v) is 6.18. The summed E-state index contributed by atoms with van der Waals surface area (Å²) >= 11 is 0. The predicted molar refractivity (Wildman–Crippen MR) is 101 cm³/mol. The van der Waals surface area contributed by atoms with Crippen molar-refractivity contribution < 1.29 is 14.3 Å². The third-order valence-electron chi connectivity index (χ3n) is 4.49. The first-order valence-electron chi connectivity index (χ1n) is 8.56. The highest BCUT2D eigenvalue weighted by Crippen LogP contribution is 2.33. The van der Waals surface area contributed by atoms with Crippen LogP contribution in [0.1, 0.15) is 16.1 Å². The first-order valence-corrected chi connectivity index (χ1v) is 8.56. The quantitative estimate of drug-likeness (QED) is 0.515. The minimum atomic E-state index is -0.177. The molecule has 0 unspecified atom stereocenters. The maximum absolute atomic E-state index is 13.3. The first kappa shape index (κ1) is 15.5. The number of carbonyl (C=O) groups is 1. The van der Waals surface area contributed by atoms with E-state index in [2.05, 4.69) is 9.97 Å². The zero-order chi connectivity index (χ0) is 18.2. The Bertz CT molecular complexity index is 1170. The summed E-state index contributed by atoms with van der Waals surface area (Å²) < 4.78 is 10.7. The van der Waals surface area contributed by atoms with Crippen molar-refractivity contribution in [2.45, 2.75) is 0 Å². The number of para-hydroxylation sites is 1. The molecule has 0 atom stereocenters. The maximum Gasteiger partial charge on any atom is 0.231 e. The Balaban J connectivity index is 1.68. The third-order valence-corrected chi connectivity index (χ3v) is 4.49. The van der Waals surface area contributed by atoms with Crippen LogP contribution in [-0.2, 0) is 0 Å². The van der Waals surface area contributed by atoms with Crippen molar-refractivity contribution in [1.82, 2.24) is 9.97 Å².